The number of rotatable bonds is 17. The molecule has 0 fully saturated rings. The van der Waals surface area contributed by atoms with Crippen molar-refractivity contribution >= 4 is 44.7 Å². The number of benzene rings is 4. The van der Waals surface area contributed by atoms with Crippen molar-refractivity contribution in [2.24, 2.45) is 0 Å². The third kappa shape index (κ3) is 14.4. The minimum absolute atomic E-state index is 0. The molecule has 0 aliphatic carbocycles. The second-order valence-electron chi connectivity index (χ2n) is 9.57. The minimum Gasteiger partial charge on any atom is -0.811 e. The maximum atomic E-state index is 10.8. The van der Waals surface area contributed by atoms with Crippen LogP contribution in [0.15, 0.2) is 121 Å². The molecule has 0 saturated heterocycles. The molecule has 0 spiro atoms. The molecule has 6 nitrogen and oxygen atoms in total. The summed E-state index contributed by atoms with van der Waals surface area (Å²) in [6.45, 7) is 2.43. The molecule has 11 heteroatoms. The Labute approximate surface area is 303 Å². The SMILES string of the molecule is O=P([O-])([O-])CCNCCOCCN(CP(c1ccccc1)c1ccccc1)CP(c1ccccc1)c1ccccc1.[Na+].[Na+]. The van der Waals surface area contributed by atoms with E-state index in [1.165, 1.54) is 21.2 Å². The molecule has 1 N–H and O–H groups in total. The van der Waals surface area contributed by atoms with Crippen LogP contribution in [0.3, 0.4) is 0 Å². The van der Waals surface area contributed by atoms with Crippen molar-refractivity contribution in [3.63, 3.8) is 0 Å². The maximum Gasteiger partial charge on any atom is 1.00 e. The van der Waals surface area contributed by atoms with Gasteiger partial charge in [0.05, 0.1) is 13.2 Å². The van der Waals surface area contributed by atoms with E-state index in [4.69, 9.17) is 4.74 Å². The molecule has 0 radical (unpaired) electrons. The first kappa shape index (κ1) is 39.0. The molecule has 43 heavy (non-hydrogen) atoms. The Balaban J connectivity index is 0.00000323. The van der Waals surface area contributed by atoms with Gasteiger partial charge in [-0.1, -0.05) is 129 Å². The van der Waals surface area contributed by atoms with Gasteiger partial charge in [0.25, 0.3) is 0 Å². The van der Waals surface area contributed by atoms with Crippen molar-refractivity contribution in [3.05, 3.63) is 121 Å². The van der Waals surface area contributed by atoms with E-state index in [2.05, 4.69) is 132 Å². The fourth-order valence-corrected chi connectivity index (χ4v) is 9.67. The summed E-state index contributed by atoms with van der Waals surface area (Å²) in [5.41, 5.74) is 0. The fourth-order valence-electron chi connectivity index (χ4n) is 4.42. The molecule has 0 amide bonds. The Hall–Kier alpha value is -0.230. The molecule has 4 aromatic carbocycles. The van der Waals surface area contributed by atoms with E-state index < -0.39 is 23.4 Å². The predicted molar refractivity (Wildman–Crippen MR) is 171 cm³/mol. The van der Waals surface area contributed by atoms with Crippen molar-refractivity contribution < 1.29 is 78.2 Å². The second kappa shape index (κ2) is 21.5. The number of hydrogen-bond donors (Lipinski definition) is 1. The van der Waals surface area contributed by atoms with Gasteiger partial charge in [0.15, 0.2) is 0 Å². The van der Waals surface area contributed by atoms with Gasteiger partial charge in [-0.2, -0.15) is 0 Å². The number of nitrogens with zero attached hydrogens (tertiary/aromatic N) is 1. The summed E-state index contributed by atoms with van der Waals surface area (Å²) in [6.07, 6.45) is 1.43. The summed E-state index contributed by atoms with van der Waals surface area (Å²) in [5.74, 6) is 0. The Morgan fingerprint density at radius 1 is 0.605 bits per heavy atom. The van der Waals surface area contributed by atoms with E-state index in [9.17, 15) is 14.4 Å². The van der Waals surface area contributed by atoms with Crippen LogP contribution in [0.4, 0.5) is 0 Å². The third-order valence-electron chi connectivity index (χ3n) is 6.49. The fraction of sp³-hybridized carbons (Fsp3) is 0.250. The van der Waals surface area contributed by atoms with Gasteiger partial charge in [-0.25, -0.2) is 0 Å². The van der Waals surface area contributed by atoms with Crippen LogP contribution in [0.2, 0.25) is 0 Å². The zero-order chi connectivity index (χ0) is 28.8. The van der Waals surface area contributed by atoms with E-state index in [1.807, 2.05) is 0 Å². The van der Waals surface area contributed by atoms with Crippen LogP contribution >= 0.6 is 23.4 Å². The molecular formula is C32H37N2Na2O4P3. The standard InChI is InChI=1S/C32H39N2O4P3.2Na/c35-41(36,37)26-22-33-21-24-38-25-23-34(27-39(29-13-5-1-6-14-29)30-15-7-2-8-16-30)28-40(31-17-9-3-10-18-31)32-19-11-4-12-20-32;;/h1-20,33H,21-28H2,(H2,35,36,37);;/q;2*+1/p-2. The van der Waals surface area contributed by atoms with Crippen molar-refractivity contribution in [3.8, 4) is 0 Å². The topological polar surface area (TPSA) is 87.7 Å². The predicted octanol–water partition coefficient (Wildman–Crippen LogP) is -3.00. The van der Waals surface area contributed by atoms with Gasteiger partial charge in [-0.3, -0.25) is 4.90 Å². The van der Waals surface area contributed by atoms with Gasteiger partial charge in [0.1, 0.15) is 0 Å². The van der Waals surface area contributed by atoms with Crippen LogP contribution < -0.4 is 95.4 Å². The normalized spacial score (nSPS) is 11.4. The molecule has 0 aliphatic heterocycles. The first-order valence-electron chi connectivity index (χ1n) is 13.8. The molecule has 216 valence electrons. The van der Waals surface area contributed by atoms with E-state index >= 15 is 0 Å². The van der Waals surface area contributed by atoms with Crippen molar-refractivity contribution in [1.29, 1.82) is 0 Å². The van der Waals surface area contributed by atoms with E-state index in [0.29, 0.717) is 19.8 Å². The summed E-state index contributed by atoms with van der Waals surface area (Å²) in [4.78, 5) is 24.2. The summed E-state index contributed by atoms with van der Waals surface area (Å²) in [6, 6.07) is 43.1. The summed E-state index contributed by atoms with van der Waals surface area (Å²) < 4.78 is 16.8. The van der Waals surface area contributed by atoms with Crippen LogP contribution in [-0.2, 0) is 9.30 Å². The van der Waals surface area contributed by atoms with Crippen molar-refractivity contribution in [2.45, 2.75) is 0 Å². The molecule has 0 atom stereocenters. The van der Waals surface area contributed by atoms with Crippen LogP contribution in [0, 0.1) is 0 Å². The van der Waals surface area contributed by atoms with Crippen molar-refractivity contribution in [2.75, 3.05) is 51.6 Å². The molecular weight excluding hydrogens is 615 g/mol. The number of nitrogens with one attached hydrogen (secondary N) is 1. The Kier molecular flexibility index (Phi) is 19.5. The first-order chi connectivity index (χ1) is 20.0. The van der Waals surface area contributed by atoms with E-state index in [1.54, 1.807) is 0 Å². The van der Waals surface area contributed by atoms with Gasteiger partial charge >= 0.3 is 59.1 Å². The largest absolute Gasteiger partial charge is 1.00 e. The molecule has 4 rings (SSSR count). The third-order valence-corrected chi connectivity index (χ3v) is 12.3. The molecule has 0 bridgehead atoms. The zero-order valence-corrected chi connectivity index (χ0v) is 31.8. The molecule has 0 aliphatic rings. The van der Waals surface area contributed by atoms with Crippen LogP contribution in [0.5, 0.6) is 0 Å². The molecule has 0 aromatic heterocycles. The van der Waals surface area contributed by atoms with Gasteiger partial charge in [0.2, 0.25) is 0 Å². The summed E-state index contributed by atoms with van der Waals surface area (Å²) in [5, 5.41) is 8.37. The number of hydrogen-bond acceptors (Lipinski definition) is 6. The summed E-state index contributed by atoms with van der Waals surface area (Å²) in [7, 11) is -5.72. The maximum absolute atomic E-state index is 10.8. The van der Waals surface area contributed by atoms with Crippen LogP contribution in [-0.4, -0.2) is 56.5 Å². The minimum atomic E-state index is -4.48. The van der Waals surface area contributed by atoms with Gasteiger partial charge in [-0.05, 0) is 49.8 Å². The van der Waals surface area contributed by atoms with E-state index in [-0.39, 0.29) is 71.8 Å². The Bertz CT molecular complexity index is 1160. The average Bonchev–Trinajstić information content (AvgIpc) is 3.00. The van der Waals surface area contributed by atoms with Crippen LogP contribution in [0.25, 0.3) is 0 Å². The monoisotopic (exact) mass is 652 g/mol. The second-order valence-corrected chi connectivity index (χ2v) is 15.6. The van der Waals surface area contributed by atoms with Gasteiger partial charge in [-0.15, -0.1) is 0 Å². The molecule has 0 heterocycles. The first-order valence-corrected chi connectivity index (χ1v) is 18.5. The quantitative estimate of drug-likeness (QED) is 0.0744. The Morgan fingerprint density at radius 3 is 1.33 bits per heavy atom. The molecule has 4 aromatic rings. The average molecular weight is 653 g/mol. The van der Waals surface area contributed by atoms with Crippen molar-refractivity contribution in [1.82, 2.24) is 10.2 Å². The number of ether oxygens (including phenoxy) is 1. The summed E-state index contributed by atoms with van der Waals surface area (Å²) >= 11 is 0. The molecule has 0 saturated carbocycles. The zero-order valence-electron chi connectivity index (χ0n) is 25.1. The Morgan fingerprint density at radius 2 is 0.977 bits per heavy atom. The van der Waals surface area contributed by atoms with E-state index in [0.717, 1.165) is 19.1 Å². The van der Waals surface area contributed by atoms with Gasteiger partial charge in [0, 0.05) is 25.7 Å². The van der Waals surface area contributed by atoms with Gasteiger partial charge < -0.3 is 24.4 Å². The molecule has 0 unspecified atom stereocenters. The smallest absolute Gasteiger partial charge is 0.811 e. The van der Waals surface area contributed by atoms with Crippen LogP contribution in [0.1, 0.15) is 0 Å².